The zero-order valence-corrected chi connectivity index (χ0v) is 18.3. The van der Waals surface area contributed by atoms with Crippen LogP contribution in [-0.2, 0) is 6.54 Å². The summed E-state index contributed by atoms with van der Waals surface area (Å²) in [7, 11) is 0. The normalized spacial score (nSPS) is 15.7. The third-order valence-electron chi connectivity index (χ3n) is 5.75. The number of nitrogens with zero attached hydrogens (tertiary/aromatic N) is 1. The number of rotatable bonds is 3. The largest absolute Gasteiger partial charge is 0.467 e. The molecule has 5 nitrogen and oxygen atoms in total. The molecule has 4 aromatic rings. The van der Waals surface area contributed by atoms with Crippen molar-refractivity contribution in [3.63, 3.8) is 0 Å². The molecule has 31 heavy (non-hydrogen) atoms. The zero-order valence-electron chi connectivity index (χ0n) is 16.7. The Morgan fingerprint density at radius 1 is 1.00 bits per heavy atom. The quantitative estimate of drug-likeness (QED) is 0.378. The van der Waals surface area contributed by atoms with E-state index in [4.69, 9.17) is 32.0 Å². The monoisotopic (exact) mass is 453 g/mol. The van der Waals surface area contributed by atoms with Crippen LogP contribution in [-0.4, -0.2) is 10.8 Å². The van der Waals surface area contributed by atoms with Gasteiger partial charge < -0.3 is 13.7 Å². The van der Waals surface area contributed by atoms with Crippen molar-refractivity contribution in [1.82, 2.24) is 4.90 Å². The van der Waals surface area contributed by atoms with Gasteiger partial charge in [-0.3, -0.25) is 9.59 Å². The highest BCUT2D eigenvalue weighted by atomic mass is 35.5. The van der Waals surface area contributed by atoms with Gasteiger partial charge in [0.1, 0.15) is 11.3 Å². The molecule has 0 spiro atoms. The molecule has 5 rings (SSSR count). The van der Waals surface area contributed by atoms with E-state index in [-0.39, 0.29) is 23.6 Å². The van der Waals surface area contributed by atoms with Crippen molar-refractivity contribution in [3.8, 4) is 0 Å². The molecule has 0 bridgehead atoms. The van der Waals surface area contributed by atoms with E-state index in [1.165, 1.54) is 0 Å². The van der Waals surface area contributed by atoms with Gasteiger partial charge in [-0.2, -0.15) is 0 Å². The highest BCUT2D eigenvalue weighted by Gasteiger charge is 2.43. The Kier molecular flexibility index (Phi) is 4.68. The van der Waals surface area contributed by atoms with Crippen LogP contribution in [0.2, 0.25) is 10.0 Å². The molecule has 0 aliphatic carbocycles. The molecular weight excluding hydrogens is 437 g/mol. The molecule has 0 radical (unpaired) electrons. The van der Waals surface area contributed by atoms with E-state index in [1.54, 1.807) is 47.6 Å². The zero-order chi connectivity index (χ0) is 21.9. The van der Waals surface area contributed by atoms with Crippen molar-refractivity contribution in [1.29, 1.82) is 0 Å². The molecule has 0 saturated carbocycles. The molecule has 2 aromatic carbocycles. The van der Waals surface area contributed by atoms with Crippen molar-refractivity contribution >= 4 is 40.1 Å². The molecule has 1 amide bonds. The summed E-state index contributed by atoms with van der Waals surface area (Å²) in [6.45, 7) is 4.05. The van der Waals surface area contributed by atoms with E-state index in [2.05, 4.69) is 0 Å². The molecule has 0 saturated heterocycles. The summed E-state index contributed by atoms with van der Waals surface area (Å²) in [4.78, 5) is 28.6. The van der Waals surface area contributed by atoms with Crippen LogP contribution in [0.5, 0.6) is 0 Å². The number of amides is 1. The van der Waals surface area contributed by atoms with Crippen molar-refractivity contribution in [2.24, 2.45) is 0 Å². The second-order valence-corrected chi connectivity index (χ2v) is 8.51. The van der Waals surface area contributed by atoms with E-state index >= 15 is 0 Å². The van der Waals surface area contributed by atoms with Gasteiger partial charge in [0, 0.05) is 0 Å². The first-order valence-electron chi connectivity index (χ1n) is 9.71. The lowest BCUT2D eigenvalue weighted by molar-refractivity contribution is 0.0701. The fourth-order valence-corrected chi connectivity index (χ4v) is 4.34. The number of carbonyl (C=O) groups excluding carboxylic acids is 1. The lowest BCUT2D eigenvalue weighted by atomic mass is 9.97. The van der Waals surface area contributed by atoms with Crippen LogP contribution in [0.4, 0.5) is 0 Å². The SMILES string of the molecule is Cc1cc2oc3c(c(=O)c2cc1C)[C@@H](c1ccc(Cl)c(Cl)c1)N(Cc1ccco1)C3=O. The molecule has 156 valence electrons. The number of halogens is 2. The Morgan fingerprint density at radius 3 is 2.48 bits per heavy atom. The van der Waals surface area contributed by atoms with E-state index in [9.17, 15) is 9.59 Å². The Bertz CT molecular complexity index is 1410. The van der Waals surface area contributed by atoms with Gasteiger partial charge in [0.05, 0.1) is 39.8 Å². The maximum absolute atomic E-state index is 13.6. The standard InChI is InChI=1S/C24H17Cl2NO4/c1-12-8-16-19(9-13(12)2)31-23-20(22(16)28)21(14-5-6-17(25)18(26)10-14)27(24(23)29)11-15-4-3-7-30-15/h3-10,21H,11H2,1-2H3/t21-/m1/s1. The lowest BCUT2D eigenvalue weighted by Gasteiger charge is -2.24. The number of hydrogen-bond acceptors (Lipinski definition) is 4. The van der Waals surface area contributed by atoms with Crippen LogP contribution in [0, 0.1) is 13.8 Å². The summed E-state index contributed by atoms with van der Waals surface area (Å²) >= 11 is 12.4. The Hall–Kier alpha value is -3.02. The predicted octanol–water partition coefficient (Wildman–Crippen LogP) is 6.06. The molecule has 1 atom stereocenters. The van der Waals surface area contributed by atoms with Gasteiger partial charge in [0.25, 0.3) is 5.91 Å². The van der Waals surface area contributed by atoms with Gasteiger partial charge in [-0.1, -0.05) is 29.3 Å². The van der Waals surface area contributed by atoms with Crippen LogP contribution >= 0.6 is 23.2 Å². The molecule has 2 aromatic heterocycles. The van der Waals surface area contributed by atoms with E-state index < -0.39 is 6.04 Å². The number of fused-ring (bicyclic) bond motifs is 2. The molecule has 0 N–H and O–H groups in total. The Morgan fingerprint density at radius 2 is 1.77 bits per heavy atom. The van der Waals surface area contributed by atoms with Crippen LogP contribution < -0.4 is 5.43 Å². The second-order valence-electron chi connectivity index (χ2n) is 7.70. The fraction of sp³-hybridized carbons (Fsp3) is 0.167. The first-order chi connectivity index (χ1) is 14.8. The van der Waals surface area contributed by atoms with Crippen molar-refractivity contribution in [3.05, 3.63) is 103 Å². The number of carbonyl (C=O) groups is 1. The summed E-state index contributed by atoms with van der Waals surface area (Å²) in [5.41, 5.74) is 3.09. The average molecular weight is 454 g/mol. The third kappa shape index (κ3) is 3.16. The van der Waals surface area contributed by atoms with Crippen molar-refractivity contribution in [2.45, 2.75) is 26.4 Å². The molecule has 3 heterocycles. The van der Waals surface area contributed by atoms with Gasteiger partial charge in [-0.25, -0.2) is 0 Å². The second kappa shape index (κ2) is 7.29. The summed E-state index contributed by atoms with van der Waals surface area (Å²) in [5.74, 6) is 0.262. The number of benzene rings is 2. The average Bonchev–Trinajstić information content (AvgIpc) is 3.34. The maximum Gasteiger partial charge on any atom is 0.291 e. The minimum absolute atomic E-state index is 0.0448. The smallest absolute Gasteiger partial charge is 0.291 e. The Labute approximate surface area is 187 Å². The van der Waals surface area contributed by atoms with Crippen LogP contribution in [0.15, 0.2) is 62.4 Å². The van der Waals surface area contributed by atoms with Gasteiger partial charge in [-0.05, 0) is 66.9 Å². The minimum atomic E-state index is -0.676. The van der Waals surface area contributed by atoms with Crippen molar-refractivity contribution < 1.29 is 13.6 Å². The first-order valence-corrected chi connectivity index (χ1v) is 10.5. The maximum atomic E-state index is 13.6. The molecule has 1 aliphatic rings. The number of aryl methyl sites for hydroxylation is 2. The highest BCUT2D eigenvalue weighted by Crippen LogP contribution is 2.40. The molecule has 1 aliphatic heterocycles. The van der Waals surface area contributed by atoms with Gasteiger partial charge in [0.2, 0.25) is 5.76 Å². The van der Waals surface area contributed by atoms with E-state index in [0.29, 0.717) is 37.9 Å². The summed E-state index contributed by atoms with van der Waals surface area (Å²) in [5, 5.41) is 1.18. The number of hydrogen-bond donors (Lipinski definition) is 0. The highest BCUT2D eigenvalue weighted by molar-refractivity contribution is 6.42. The van der Waals surface area contributed by atoms with Crippen LogP contribution in [0.25, 0.3) is 11.0 Å². The van der Waals surface area contributed by atoms with Gasteiger partial charge in [-0.15, -0.1) is 0 Å². The minimum Gasteiger partial charge on any atom is -0.467 e. The van der Waals surface area contributed by atoms with Crippen LogP contribution in [0.1, 0.15) is 44.6 Å². The molecular formula is C24H17Cl2NO4. The summed E-state index contributed by atoms with van der Waals surface area (Å²) in [6, 6.07) is 11.6. The van der Waals surface area contributed by atoms with Gasteiger partial charge in [0.15, 0.2) is 5.43 Å². The topological polar surface area (TPSA) is 63.7 Å². The summed E-state index contributed by atoms with van der Waals surface area (Å²) in [6.07, 6.45) is 1.54. The fourth-order valence-electron chi connectivity index (χ4n) is 4.04. The third-order valence-corrected chi connectivity index (χ3v) is 6.49. The van der Waals surface area contributed by atoms with E-state index in [1.807, 2.05) is 19.9 Å². The number of furan rings is 1. The van der Waals surface area contributed by atoms with Crippen LogP contribution in [0.3, 0.4) is 0 Å². The van der Waals surface area contributed by atoms with E-state index in [0.717, 1.165) is 11.1 Å². The molecule has 7 heteroatoms. The first kappa shape index (κ1) is 19.9. The van der Waals surface area contributed by atoms with Gasteiger partial charge >= 0.3 is 0 Å². The molecule has 0 fully saturated rings. The Balaban J connectivity index is 1.77. The lowest BCUT2D eigenvalue weighted by Crippen LogP contribution is -2.29. The predicted molar refractivity (Wildman–Crippen MR) is 119 cm³/mol. The van der Waals surface area contributed by atoms with Crippen molar-refractivity contribution in [2.75, 3.05) is 0 Å². The summed E-state index contributed by atoms with van der Waals surface area (Å²) < 4.78 is 11.5. The molecule has 0 unspecified atom stereocenters.